The fraction of sp³-hybridized carbons (Fsp3) is 0.667. The van der Waals surface area contributed by atoms with Gasteiger partial charge in [-0.15, -0.1) is 0 Å². The van der Waals surface area contributed by atoms with Gasteiger partial charge < -0.3 is 59.4 Å². The molecule has 0 spiro atoms. The van der Waals surface area contributed by atoms with E-state index in [0.29, 0.717) is 55.2 Å². The van der Waals surface area contributed by atoms with E-state index in [9.17, 15) is 59.4 Å². The van der Waals surface area contributed by atoms with Crippen LogP contribution in [0.3, 0.4) is 0 Å². The van der Waals surface area contributed by atoms with E-state index in [2.05, 4.69) is 41.5 Å². The number of rotatable bonds is 24. The molecular weight excluding hydrogens is 1040 g/mol. The summed E-state index contributed by atoms with van der Waals surface area (Å²) in [6.45, 7) is 12.8. The second-order valence-corrected chi connectivity index (χ2v) is 12.8. The molecule has 0 bridgehead atoms. The Bertz CT molecular complexity index is 944. The number of unbranched alkanes of at least 4 members (excludes halogenated alkanes) is 6. The maximum atomic E-state index is 10.5. The van der Waals surface area contributed by atoms with E-state index in [1.54, 1.807) is 0 Å². The first-order chi connectivity index (χ1) is 22.3. The van der Waals surface area contributed by atoms with Gasteiger partial charge in [0.15, 0.2) is 0 Å². The van der Waals surface area contributed by atoms with Gasteiger partial charge in [0.2, 0.25) is 0 Å². The van der Waals surface area contributed by atoms with Crippen molar-refractivity contribution in [1.82, 2.24) is 0 Å². The molecule has 0 aromatic carbocycles. The van der Waals surface area contributed by atoms with Crippen LogP contribution in [0.4, 0.5) is 0 Å². The molecule has 0 aliphatic heterocycles. The molecule has 0 fully saturated rings. The Kier molecular flexibility index (Phi) is 41.8. The molecule has 0 heterocycles. The molecule has 0 aromatic rings. The van der Waals surface area contributed by atoms with Gasteiger partial charge in [0, 0.05) is 0 Å². The Hall–Kier alpha value is -2.19. The first-order valence-corrected chi connectivity index (χ1v) is 16.7. The zero-order valence-corrected chi connectivity index (χ0v) is 37.3. The molecular formula is C36H54Bi2O12. The summed E-state index contributed by atoms with van der Waals surface area (Å²) < 4.78 is 0. The molecule has 0 aliphatic rings. The van der Waals surface area contributed by atoms with Crippen LogP contribution in [-0.4, -0.2) is 88.2 Å². The van der Waals surface area contributed by atoms with E-state index in [1.807, 2.05) is 0 Å². The van der Waals surface area contributed by atoms with Crippen LogP contribution >= 0.6 is 0 Å². The van der Waals surface area contributed by atoms with Crippen LogP contribution in [0, 0.1) is 17.8 Å². The first-order valence-electron chi connectivity index (χ1n) is 16.7. The van der Waals surface area contributed by atoms with Gasteiger partial charge in [-0.25, -0.2) is 0 Å². The van der Waals surface area contributed by atoms with Crippen molar-refractivity contribution in [2.45, 2.75) is 138 Å². The van der Waals surface area contributed by atoms with E-state index < -0.39 is 35.8 Å². The first kappa shape index (κ1) is 57.2. The van der Waals surface area contributed by atoms with Crippen molar-refractivity contribution in [1.29, 1.82) is 0 Å². The summed E-state index contributed by atoms with van der Waals surface area (Å²) in [6.07, 6.45) is 13.6. The quantitative estimate of drug-likeness (QED) is 0.0663. The second kappa shape index (κ2) is 36.6. The van der Waals surface area contributed by atoms with Crippen molar-refractivity contribution in [2.75, 3.05) is 0 Å². The van der Waals surface area contributed by atoms with Gasteiger partial charge in [-0.2, -0.15) is 0 Å². The van der Waals surface area contributed by atoms with E-state index in [-0.39, 0.29) is 88.4 Å². The van der Waals surface area contributed by atoms with Gasteiger partial charge in [-0.1, -0.05) is 99.3 Å². The van der Waals surface area contributed by atoms with Crippen LogP contribution < -0.4 is 30.6 Å². The topological polar surface area (TPSA) is 241 Å². The van der Waals surface area contributed by atoms with E-state index >= 15 is 0 Å². The van der Waals surface area contributed by atoms with Crippen molar-refractivity contribution >= 4 is 88.2 Å². The third-order valence-corrected chi connectivity index (χ3v) is 6.85. The van der Waals surface area contributed by atoms with Crippen LogP contribution in [-0.2, 0) is 28.8 Å². The molecule has 0 aliphatic carbocycles. The van der Waals surface area contributed by atoms with Gasteiger partial charge in [0.25, 0.3) is 0 Å². The van der Waals surface area contributed by atoms with E-state index in [1.165, 1.54) is 0 Å². The maximum Gasteiger partial charge on any atom is 3.00 e. The molecule has 0 aromatic heterocycles. The molecule has 0 N–H and O–H groups in total. The third kappa shape index (κ3) is 43.8. The average molecular weight is 1100 g/mol. The summed E-state index contributed by atoms with van der Waals surface area (Å²) in [5.74, 6) is -6.81. The predicted molar refractivity (Wildman–Crippen MR) is 180 cm³/mol. The Morgan fingerprint density at radius 1 is 0.380 bits per heavy atom. The number of hydrogen-bond donors (Lipinski definition) is 0. The monoisotopic (exact) mass is 1100 g/mol. The van der Waals surface area contributed by atoms with Gasteiger partial charge in [-0.05, 0) is 91.2 Å². The SMILES string of the molecule is CC(C)CCCCC/C(=C\C(=O)[O-])C(=O)[O-].CC(C)CCCCC/C(=C\C(=O)[O-])C(=O)[O-].CC(C)CCCCC/C(=C\C(=O)[O-])C(=O)[O-].[Bi+3].[Bi+3]. The molecule has 12 nitrogen and oxygen atoms in total. The van der Waals surface area contributed by atoms with Gasteiger partial charge >= 0.3 is 52.4 Å². The molecule has 0 saturated heterocycles. The molecule has 0 atom stereocenters. The van der Waals surface area contributed by atoms with Crippen molar-refractivity contribution in [3.05, 3.63) is 34.9 Å². The van der Waals surface area contributed by atoms with Gasteiger partial charge in [0.1, 0.15) is 0 Å². The smallest absolute Gasteiger partial charge is 0.545 e. The Balaban J connectivity index is -0.000000199. The van der Waals surface area contributed by atoms with Crippen LogP contribution in [0.2, 0.25) is 0 Å². The van der Waals surface area contributed by atoms with Crippen LogP contribution in [0.1, 0.15) is 138 Å². The van der Waals surface area contributed by atoms with E-state index in [4.69, 9.17) is 0 Å². The maximum absolute atomic E-state index is 10.5. The minimum absolute atomic E-state index is 0. The molecule has 0 saturated carbocycles. The van der Waals surface area contributed by atoms with Crippen molar-refractivity contribution in [2.24, 2.45) is 17.8 Å². The standard InChI is InChI=1S/3C12H20O4.2Bi/c3*1-9(2)6-4-3-5-7-10(12(15)16)8-11(13)14;;/h3*8-9H,3-7H2,1-2H3,(H,13,14)(H,15,16);;/q;;;2*+3/p-6/b3*10-8+;;. The number of carbonyl (C=O) groups excluding carboxylic acids is 6. The van der Waals surface area contributed by atoms with Crippen LogP contribution in [0.25, 0.3) is 0 Å². The minimum Gasteiger partial charge on any atom is -0.545 e. The molecule has 14 heteroatoms. The van der Waals surface area contributed by atoms with Crippen molar-refractivity contribution in [3.63, 3.8) is 0 Å². The number of carbonyl (C=O) groups is 6. The summed E-state index contributed by atoms with van der Waals surface area (Å²) in [7, 11) is 0. The largest absolute Gasteiger partial charge is 3.00 e. The normalized spacial score (nSPS) is 11.3. The zero-order valence-electron chi connectivity index (χ0n) is 30.4. The minimum atomic E-state index is -1.48. The molecule has 4 radical (unpaired) electrons. The Morgan fingerprint density at radius 2 is 0.580 bits per heavy atom. The number of carboxylic acid groups (broad SMARTS) is 6. The van der Waals surface area contributed by atoms with E-state index in [0.717, 1.165) is 57.8 Å². The number of aliphatic carboxylic acids is 6. The Morgan fingerprint density at radius 3 is 0.720 bits per heavy atom. The molecule has 0 rings (SSSR count). The molecule has 0 unspecified atom stereocenters. The number of hydrogen-bond acceptors (Lipinski definition) is 12. The number of carboxylic acids is 6. The van der Waals surface area contributed by atoms with Crippen LogP contribution in [0.15, 0.2) is 34.9 Å². The predicted octanol–water partition coefficient (Wildman–Crippen LogP) is -0.704. The van der Waals surface area contributed by atoms with Gasteiger partial charge in [-0.3, -0.25) is 0 Å². The fourth-order valence-electron chi connectivity index (χ4n) is 4.26. The fourth-order valence-corrected chi connectivity index (χ4v) is 4.26. The van der Waals surface area contributed by atoms with Crippen molar-refractivity contribution < 1.29 is 59.4 Å². The summed E-state index contributed by atoms with van der Waals surface area (Å²) in [6, 6.07) is 0. The average Bonchev–Trinajstić information content (AvgIpc) is 2.94. The second-order valence-electron chi connectivity index (χ2n) is 12.8. The molecule has 280 valence electrons. The molecule has 50 heavy (non-hydrogen) atoms. The summed E-state index contributed by atoms with van der Waals surface area (Å²) >= 11 is 0. The van der Waals surface area contributed by atoms with Crippen molar-refractivity contribution in [3.8, 4) is 0 Å². The van der Waals surface area contributed by atoms with Crippen LogP contribution in [0.5, 0.6) is 0 Å². The summed E-state index contributed by atoms with van der Waals surface area (Å²) in [4.78, 5) is 62.3. The Labute approximate surface area is 336 Å². The summed E-state index contributed by atoms with van der Waals surface area (Å²) in [5.41, 5.74) is -0.571. The summed E-state index contributed by atoms with van der Waals surface area (Å²) in [5, 5.41) is 62.3. The molecule has 0 amide bonds. The van der Waals surface area contributed by atoms with Gasteiger partial charge in [0.05, 0.1) is 35.8 Å². The zero-order chi connectivity index (χ0) is 37.7. The third-order valence-electron chi connectivity index (χ3n) is 6.85.